The van der Waals surface area contributed by atoms with Gasteiger partial charge in [-0.15, -0.1) is 0 Å². The van der Waals surface area contributed by atoms with Gasteiger partial charge in [0.15, 0.2) is 5.82 Å². The van der Waals surface area contributed by atoms with Gasteiger partial charge in [0.1, 0.15) is 5.82 Å². The molecule has 1 heterocycles. The Morgan fingerprint density at radius 3 is 2.68 bits per heavy atom. The first-order chi connectivity index (χ1) is 8.86. The molecule has 0 aliphatic carbocycles. The summed E-state index contributed by atoms with van der Waals surface area (Å²) in [6.07, 6.45) is 0. The zero-order chi connectivity index (χ0) is 14.0. The first kappa shape index (κ1) is 13.5. The summed E-state index contributed by atoms with van der Waals surface area (Å²) in [6, 6.07) is 7.79. The van der Waals surface area contributed by atoms with Gasteiger partial charge in [-0.05, 0) is 39.8 Å². The van der Waals surface area contributed by atoms with Crippen molar-refractivity contribution in [3.05, 3.63) is 30.1 Å². The Morgan fingerprint density at radius 2 is 2.11 bits per heavy atom. The summed E-state index contributed by atoms with van der Waals surface area (Å²) in [4.78, 5) is 4.31. The smallest absolute Gasteiger partial charge is 0.181 e. The van der Waals surface area contributed by atoms with E-state index >= 15 is 0 Å². The van der Waals surface area contributed by atoms with Gasteiger partial charge >= 0.3 is 0 Å². The largest absolute Gasteiger partial charge is 0.388 e. The van der Waals surface area contributed by atoms with Gasteiger partial charge in [0.2, 0.25) is 0 Å². The summed E-state index contributed by atoms with van der Waals surface area (Å²) >= 11 is 0. The first-order valence-electron chi connectivity index (χ1n) is 6.34. The van der Waals surface area contributed by atoms with Gasteiger partial charge in [-0.1, -0.05) is 12.1 Å². The van der Waals surface area contributed by atoms with Gasteiger partial charge in [0.05, 0.1) is 11.6 Å². The number of rotatable bonds is 4. The number of aromatic nitrogens is 3. The monoisotopic (exact) mass is 260 g/mol. The molecule has 1 atom stereocenters. The maximum absolute atomic E-state index is 9.94. The molecule has 0 aliphatic heterocycles. The third kappa shape index (κ3) is 3.32. The second-order valence-electron chi connectivity index (χ2n) is 5.34. The third-order valence-electron chi connectivity index (χ3n) is 3.16. The molecule has 0 saturated heterocycles. The number of anilines is 1. The van der Waals surface area contributed by atoms with Crippen molar-refractivity contribution < 1.29 is 5.11 Å². The van der Waals surface area contributed by atoms with Crippen LogP contribution in [-0.2, 0) is 0 Å². The number of aromatic amines is 1. The second-order valence-corrected chi connectivity index (χ2v) is 5.34. The van der Waals surface area contributed by atoms with Gasteiger partial charge in [-0.25, -0.2) is 4.98 Å². The fourth-order valence-electron chi connectivity index (χ4n) is 1.65. The van der Waals surface area contributed by atoms with E-state index in [0.29, 0.717) is 5.82 Å². The molecule has 3 N–H and O–H groups in total. The molecule has 2 rings (SSSR count). The third-order valence-corrected chi connectivity index (χ3v) is 3.16. The molecule has 1 unspecified atom stereocenters. The molecule has 0 bridgehead atoms. The number of aryl methyl sites for hydroxylation is 1. The quantitative estimate of drug-likeness (QED) is 0.789. The summed E-state index contributed by atoms with van der Waals surface area (Å²) in [6.45, 7) is 7.39. The SMILES string of the molecule is Cc1nc(-c2cccc(NC(C)C(C)(C)O)c2)n[nH]1. The fraction of sp³-hybridized carbons (Fsp3) is 0.429. The molecule has 19 heavy (non-hydrogen) atoms. The van der Waals surface area contributed by atoms with E-state index in [1.54, 1.807) is 13.8 Å². The number of benzene rings is 1. The van der Waals surface area contributed by atoms with E-state index in [9.17, 15) is 5.11 Å². The molecule has 1 aromatic heterocycles. The van der Waals surface area contributed by atoms with Crippen LogP contribution in [0.4, 0.5) is 5.69 Å². The highest BCUT2D eigenvalue weighted by atomic mass is 16.3. The van der Waals surface area contributed by atoms with Crippen molar-refractivity contribution in [1.82, 2.24) is 15.2 Å². The summed E-state index contributed by atoms with van der Waals surface area (Å²) < 4.78 is 0. The molecule has 0 fully saturated rings. The van der Waals surface area contributed by atoms with E-state index in [1.165, 1.54) is 0 Å². The second kappa shape index (κ2) is 5.01. The Kier molecular flexibility index (Phi) is 3.57. The van der Waals surface area contributed by atoms with Crippen molar-refractivity contribution in [2.24, 2.45) is 0 Å². The summed E-state index contributed by atoms with van der Waals surface area (Å²) in [7, 11) is 0. The molecular weight excluding hydrogens is 240 g/mol. The fourth-order valence-corrected chi connectivity index (χ4v) is 1.65. The minimum atomic E-state index is -0.781. The van der Waals surface area contributed by atoms with Gasteiger partial charge in [-0.3, -0.25) is 5.10 Å². The Bertz CT molecular complexity index is 557. The Hall–Kier alpha value is -1.88. The lowest BCUT2D eigenvalue weighted by Crippen LogP contribution is -2.39. The number of hydrogen-bond acceptors (Lipinski definition) is 4. The summed E-state index contributed by atoms with van der Waals surface area (Å²) in [5.41, 5.74) is 1.10. The van der Waals surface area contributed by atoms with Gasteiger partial charge in [0, 0.05) is 11.3 Å². The highest BCUT2D eigenvalue weighted by Gasteiger charge is 2.21. The molecule has 0 radical (unpaired) electrons. The molecule has 5 heteroatoms. The van der Waals surface area contributed by atoms with E-state index < -0.39 is 5.60 Å². The number of aliphatic hydroxyl groups is 1. The van der Waals surface area contributed by atoms with Crippen LogP contribution in [0.3, 0.4) is 0 Å². The lowest BCUT2D eigenvalue weighted by molar-refractivity contribution is 0.0649. The molecule has 102 valence electrons. The van der Waals surface area contributed by atoms with Crippen LogP contribution in [0.5, 0.6) is 0 Å². The van der Waals surface area contributed by atoms with E-state index in [2.05, 4.69) is 20.5 Å². The zero-order valence-corrected chi connectivity index (χ0v) is 11.7. The Morgan fingerprint density at radius 1 is 1.37 bits per heavy atom. The topological polar surface area (TPSA) is 73.8 Å². The number of nitrogens with zero attached hydrogens (tertiary/aromatic N) is 2. The van der Waals surface area contributed by atoms with Crippen molar-refractivity contribution in [3.8, 4) is 11.4 Å². The summed E-state index contributed by atoms with van der Waals surface area (Å²) in [5.74, 6) is 1.47. The molecule has 0 amide bonds. The van der Waals surface area contributed by atoms with Crippen LogP contribution in [0, 0.1) is 6.92 Å². The van der Waals surface area contributed by atoms with E-state index in [-0.39, 0.29) is 6.04 Å². The van der Waals surface area contributed by atoms with Crippen molar-refractivity contribution in [1.29, 1.82) is 0 Å². The van der Waals surface area contributed by atoms with E-state index in [0.717, 1.165) is 17.1 Å². The van der Waals surface area contributed by atoms with Crippen LogP contribution in [-0.4, -0.2) is 31.9 Å². The zero-order valence-electron chi connectivity index (χ0n) is 11.7. The summed E-state index contributed by atoms with van der Waals surface area (Å²) in [5, 5.41) is 20.2. The van der Waals surface area contributed by atoms with Crippen molar-refractivity contribution in [2.75, 3.05) is 5.32 Å². The van der Waals surface area contributed by atoms with Crippen molar-refractivity contribution in [2.45, 2.75) is 39.3 Å². The normalized spacial score (nSPS) is 13.3. The van der Waals surface area contributed by atoms with Crippen LogP contribution >= 0.6 is 0 Å². The Labute approximate surface area is 113 Å². The highest BCUT2D eigenvalue weighted by molar-refractivity contribution is 5.62. The van der Waals surface area contributed by atoms with Crippen molar-refractivity contribution in [3.63, 3.8) is 0 Å². The average Bonchev–Trinajstić information content (AvgIpc) is 2.75. The van der Waals surface area contributed by atoms with Crippen molar-refractivity contribution >= 4 is 5.69 Å². The number of hydrogen-bond donors (Lipinski definition) is 3. The standard InChI is InChI=1S/C14H20N4O/c1-9(14(3,4)19)15-12-7-5-6-11(8-12)13-16-10(2)17-18-13/h5-9,15,19H,1-4H3,(H,16,17,18). The van der Waals surface area contributed by atoms with Crippen LogP contribution < -0.4 is 5.32 Å². The van der Waals surface area contributed by atoms with Crippen LogP contribution in [0.2, 0.25) is 0 Å². The maximum Gasteiger partial charge on any atom is 0.181 e. The van der Waals surface area contributed by atoms with Crippen LogP contribution in [0.15, 0.2) is 24.3 Å². The number of nitrogens with one attached hydrogen (secondary N) is 2. The highest BCUT2D eigenvalue weighted by Crippen LogP contribution is 2.21. The molecular formula is C14H20N4O. The molecule has 0 saturated carbocycles. The predicted molar refractivity (Wildman–Crippen MR) is 75.9 cm³/mol. The maximum atomic E-state index is 9.94. The molecule has 0 aliphatic rings. The van der Waals surface area contributed by atoms with E-state index in [4.69, 9.17) is 0 Å². The Balaban J connectivity index is 2.20. The average molecular weight is 260 g/mol. The number of H-pyrrole nitrogens is 1. The van der Waals surface area contributed by atoms with Gasteiger partial charge < -0.3 is 10.4 Å². The molecule has 1 aromatic carbocycles. The van der Waals surface area contributed by atoms with Crippen LogP contribution in [0.1, 0.15) is 26.6 Å². The van der Waals surface area contributed by atoms with Crippen LogP contribution in [0.25, 0.3) is 11.4 Å². The van der Waals surface area contributed by atoms with Gasteiger partial charge in [-0.2, -0.15) is 5.10 Å². The molecule has 5 nitrogen and oxygen atoms in total. The minimum Gasteiger partial charge on any atom is -0.388 e. The van der Waals surface area contributed by atoms with Gasteiger partial charge in [0.25, 0.3) is 0 Å². The van der Waals surface area contributed by atoms with E-state index in [1.807, 2.05) is 38.1 Å². The predicted octanol–water partition coefficient (Wildman–Crippen LogP) is 2.35. The lowest BCUT2D eigenvalue weighted by Gasteiger charge is -2.27. The lowest BCUT2D eigenvalue weighted by atomic mass is 10.0. The molecule has 2 aromatic rings. The first-order valence-corrected chi connectivity index (χ1v) is 6.34. The molecule has 0 spiro atoms. The minimum absolute atomic E-state index is 0.0587.